The molecule has 0 saturated carbocycles. The van der Waals surface area contributed by atoms with E-state index in [1.165, 1.54) is 27.1 Å². The van der Waals surface area contributed by atoms with Crippen molar-refractivity contribution in [2.24, 2.45) is 0 Å². The van der Waals surface area contributed by atoms with Crippen molar-refractivity contribution in [1.29, 1.82) is 0 Å². The Labute approximate surface area is 129 Å². The van der Waals surface area contributed by atoms with Crippen molar-refractivity contribution >= 4 is 32.3 Å². The molecular weight excluding hydrogens is 272 g/mol. The van der Waals surface area contributed by atoms with Crippen LogP contribution in [0.2, 0.25) is 0 Å². The van der Waals surface area contributed by atoms with Crippen molar-refractivity contribution < 1.29 is 9.47 Å². The highest BCUT2D eigenvalue weighted by Crippen LogP contribution is 2.47. The fourth-order valence-electron chi connectivity index (χ4n) is 3.53. The van der Waals surface area contributed by atoms with E-state index >= 15 is 0 Å². The Morgan fingerprint density at radius 2 is 1.45 bits per heavy atom. The molecule has 0 saturated heterocycles. The highest BCUT2D eigenvalue weighted by molar-refractivity contribution is 6.26. The zero-order chi connectivity index (χ0) is 15.3. The smallest absolute Gasteiger partial charge is 0.169 e. The molecule has 4 aromatic rings. The summed E-state index contributed by atoms with van der Waals surface area (Å²) in [4.78, 5) is 0. The Morgan fingerprint density at radius 3 is 2.18 bits per heavy atom. The molecule has 110 valence electrons. The highest BCUT2D eigenvalue weighted by atomic mass is 16.5. The van der Waals surface area contributed by atoms with E-state index in [1.807, 2.05) is 0 Å². The molecule has 0 fully saturated rings. The first-order chi connectivity index (χ1) is 10.8. The molecule has 0 aliphatic carbocycles. The molecule has 22 heavy (non-hydrogen) atoms. The molecule has 0 spiro atoms. The summed E-state index contributed by atoms with van der Waals surface area (Å²) in [7, 11) is 3.43. The lowest BCUT2D eigenvalue weighted by atomic mass is 9.91. The predicted molar refractivity (Wildman–Crippen MR) is 92.6 cm³/mol. The van der Waals surface area contributed by atoms with Gasteiger partial charge < -0.3 is 9.47 Å². The van der Waals surface area contributed by atoms with E-state index in [4.69, 9.17) is 9.47 Å². The quantitative estimate of drug-likeness (QED) is 0.485. The number of aryl methyl sites for hydroxylation is 1. The van der Waals surface area contributed by atoms with E-state index in [9.17, 15) is 0 Å². The molecule has 0 aliphatic rings. The summed E-state index contributed by atoms with van der Waals surface area (Å²) in [6.07, 6.45) is 1.00. The van der Waals surface area contributed by atoms with Gasteiger partial charge in [0.1, 0.15) is 0 Å². The van der Waals surface area contributed by atoms with Gasteiger partial charge in [-0.3, -0.25) is 0 Å². The standard InChI is InChI=1S/C20H18O2/c1-4-12-10-14-9-8-13-6-5-7-15-17(13)18(14)16(11-12)20(22-3)19(15)21-2/h5-11H,4H2,1-3H3. The lowest BCUT2D eigenvalue weighted by molar-refractivity contribution is 0.362. The van der Waals surface area contributed by atoms with Crippen LogP contribution < -0.4 is 9.47 Å². The molecule has 0 N–H and O–H groups in total. The maximum Gasteiger partial charge on any atom is 0.169 e. The minimum absolute atomic E-state index is 0.821. The van der Waals surface area contributed by atoms with Gasteiger partial charge in [0, 0.05) is 21.5 Å². The van der Waals surface area contributed by atoms with Crippen molar-refractivity contribution in [1.82, 2.24) is 0 Å². The van der Waals surface area contributed by atoms with E-state index in [0.717, 1.165) is 28.7 Å². The van der Waals surface area contributed by atoms with E-state index in [2.05, 4.69) is 49.4 Å². The fourth-order valence-corrected chi connectivity index (χ4v) is 3.53. The third-order valence-electron chi connectivity index (χ3n) is 4.53. The molecule has 0 amide bonds. The van der Waals surface area contributed by atoms with Crippen LogP contribution in [-0.2, 0) is 6.42 Å². The van der Waals surface area contributed by atoms with Gasteiger partial charge in [0.05, 0.1) is 14.2 Å². The number of rotatable bonds is 3. The zero-order valence-corrected chi connectivity index (χ0v) is 13.1. The van der Waals surface area contributed by atoms with Crippen LogP contribution in [-0.4, -0.2) is 14.2 Å². The van der Waals surface area contributed by atoms with Gasteiger partial charge in [-0.2, -0.15) is 0 Å². The molecule has 4 aromatic carbocycles. The Hall–Kier alpha value is -2.48. The fraction of sp³-hybridized carbons (Fsp3) is 0.200. The van der Waals surface area contributed by atoms with E-state index in [1.54, 1.807) is 14.2 Å². The molecule has 0 radical (unpaired) electrons. The summed E-state index contributed by atoms with van der Waals surface area (Å²) in [5.41, 5.74) is 1.31. The summed E-state index contributed by atoms with van der Waals surface area (Å²) in [5.74, 6) is 1.65. The van der Waals surface area contributed by atoms with Crippen molar-refractivity contribution in [2.75, 3.05) is 14.2 Å². The minimum Gasteiger partial charge on any atom is -0.492 e. The molecule has 0 aliphatic heterocycles. The summed E-state index contributed by atoms with van der Waals surface area (Å²) in [6.45, 7) is 2.18. The van der Waals surface area contributed by atoms with Crippen LogP contribution in [0.15, 0.2) is 42.5 Å². The lowest BCUT2D eigenvalue weighted by Crippen LogP contribution is -1.96. The van der Waals surface area contributed by atoms with Crippen LogP contribution >= 0.6 is 0 Å². The maximum atomic E-state index is 5.73. The third-order valence-corrected chi connectivity index (χ3v) is 4.53. The first-order valence-corrected chi connectivity index (χ1v) is 7.59. The second-order valence-electron chi connectivity index (χ2n) is 5.63. The van der Waals surface area contributed by atoms with Crippen molar-refractivity contribution in [2.45, 2.75) is 13.3 Å². The van der Waals surface area contributed by atoms with Crippen LogP contribution in [0.1, 0.15) is 12.5 Å². The lowest BCUT2D eigenvalue weighted by Gasteiger charge is -2.18. The second-order valence-corrected chi connectivity index (χ2v) is 5.63. The van der Waals surface area contributed by atoms with E-state index in [-0.39, 0.29) is 0 Å². The van der Waals surface area contributed by atoms with Gasteiger partial charge in [0.2, 0.25) is 0 Å². The van der Waals surface area contributed by atoms with Gasteiger partial charge in [-0.15, -0.1) is 0 Å². The molecule has 0 aromatic heterocycles. The normalized spacial score (nSPS) is 11.6. The van der Waals surface area contributed by atoms with Crippen LogP contribution in [0.3, 0.4) is 0 Å². The highest BCUT2D eigenvalue weighted by Gasteiger charge is 2.19. The van der Waals surface area contributed by atoms with Crippen LogP contribution in [0.5, 0.6) is 11.5 Å². The monoisotopic (exact) mass is 290 g/mol. The van der Waals surface area contributed by atoms with Gasteiger partial charge in [-0.05, 0) is 28.8 Å². The third kappa shape index (κ3) is 1.61. The number of hydrogen-bond donors (Lipinski definition) is 0. The summed E-state index contributed by atoms with van der Waals surface area (Å²) < 4.78 is 11.4. The number of hydrogen-bond acceptors (Lipinski definition) is 2. The Bertz CT molecular complexity index is 985. The van der Waals surface area contributed by atoms with Crippen LogP contribution in [0.25, 0.3) is 32.3 Å². The summed E-state index contributed by atoms with van der Waals surface area (Å²) >= 11 is 0. The first kappa shape index (κ1) is 13.2. The largest absolute Gasteiger partial charge is 0.492 e. The average molecular weight is 290 g/mol. The van der Waals surface area contributed by atoms with Crippen molar-refractivity contribution in [3.05, 3.63) is 48.0 Å². The number of benzene rings is 4. The van der Waals surface area contributed by atoms with E-state index < -0.39 is 0 Å². The van der Waals surface area contributed by atoms with Crippen LogP contribution in [0.4, 0.5) is 0 Å². The van der Waals surface area contributed by atoms with Gasteiger partial charge in [-0.1, -0.05) is 43.3 Å². The zero-order valence-electron chi connectivity index (χ0n) is 13.1. The molecule has 0 unspecified atom stereocenters. The summed E-state index contributed by atoms with van der Waals surface area (Å²) in [5, 5.41) is 7.27. The molecule has 2 heteroatoms. The molecular formula is C20H18O2. The molecule has 0 bridgehead atoms. The van der Waals surface area contributed by atoms with Crippen molar-refractivity contribution in [3.8, 4) is 11.5 Å². The van der Waals surface area contributed by atoms with Crippen LogP contribution in [0, 0.1) is 0 Å². The molecule has 0 heterocycles. The SMILES string of the molecule is CCc1cc2ccc3cccc4c(OC)c(OC)c(c1)c2c34. The Balaban J connectivity index is 2.37. The average Bonchev–Trinajstić information content (AvgIpc) is 2.58. The van der Waals surface area contributed by atoms with Crippen molar-refractivity contribution in [3.63, 3.8) is 0 Å². The first-order valence-electron chi connectivity index (χ1n) is 7.59. The Kier molecular flexibility index (Phi) is 2.86. The number of ether oxygens (including phenoxy) is 2. The summed E-state index contributed by atoms with van der Waals surface area (Å²) in [6, 6.07) is 15.2. The van der Waals surface area contributed by atoms with Gasteiger partial charge in [0.15, 0.2) is 11.5 Å². The van der Waals surface area contributed by atoms with Gasteiger partial charge in [0.25, 0.3) is 0 Å². The van der Waals surface area contributed by atoms with E-state index in [0.29, 0.717) is 0 Å². The molecule has 4 rings (SSSR count). The van der Waals surface area contributed by atoms with Gasteiger partial charge in [-0.25, -0.2) is 0 Å². The Morgan fingerprint density at radius 1 is 0.773 bits per heavy atom. The topological polar surface area (TPSA) is 18.5 Å². The molecule has 2 nitrogen and oxygen atoms in total. The second kappa shape index (κ2) is 4.77. The van der Waals surface area contributed by atoms with Gasteiger partial charge >= 0.3 is 0 Å². The predicted octanol–water partition coefficient (Wildman–Crippen LogP) is 5.16. The minimum atomic E-state index is 0.821. The molecule has 0 atom stereocenters. The maximum absolute atomic E-state index is 5.73. The number of methoxy groups -OCH3 is 2.